The van der Waals surface area contributed by atoms with Gasteiger partial charge >= 0.3 is 6.03 Å². The number of aromatic nitrogens is 2. The maximum absolute atomic E-state index is 13.4. The van der Waals surface area contributed by atoms with Crippen LogP contribution in [0.1, 0.15) is 0 Å². The van der Waals surface area contributed by atoms with E-state index in [4.69, 9.17) is 0 Å². The fraction of sp³-hybridized carbons (Fsp3) is 0.111. The monoisotopic (exact) mass is 333 g/mol. The van der Waals surface area contributed by atoms with Crippen LogP contribution >= 0.6 is 0 Å². The van der Waals surface area contributed by atoms with Crippen LogP contribution in [-0.2, 0) is 0 Å². The Morgan fingerprint density at radius 1 is 1.16 bits per heavy atom. The van der Waals surface area contributed by atoms with Crippen molar-refractivity contribution in [2.75, 3.05) is 16.3 Å². The van der Waals surface area contributed by atoms with Gasteiger partial charge in [0.1, 0.15) is 11.9 Å². The SMILES string of the molecule is N#CC1CN(c2cccc(F)n2)C(=O)N1c1cncc2ccccc12. The van der Waals surface area contributed by atoms with Crippen LogP contribution in [0.5, 0.6) is 0 Å². The van der Waals surface area contributed by atoms with E-state index in [0.717, 1.165) is 10.8 Å². The zero-order chi connectivity index (χ0) is 17.4. The van der Waals surface area contributed by atoms with Crippen molar-refractivity contribution in [2.45, 2.75) is 6.04 Å². The summed E-state index contributed by atoms with van der Waals surface area (Å²) in [5.74, 6) is -0.495. The van der Waals surface area contributed by atoms with Crippen LogP contribution in [-0.4, -0.2) is 28.6 Å². The highest BCUT2D eigenvalue weighted by Gasteiger charge is 2.40. The Morgan fingerprint density at radius 2 is 2.00 bits per heavy atom. The molecule has 1 saturated heterocycles. The average Bonchev–Trinajstić information content (AvgIpc) is 2.97. The maximum atomic E-state index is 13.4. The van der Waals surface area contributed by atoms with Crippen molar-refractivity contribution in [1.29, 1.82) is 5.26 Å². The molecule has 2 amide bonds. The number of anilines is 2. The molecule has 3 heterocycles. The molecule has 0 saturated carbocycles. The van der Waals surface area contributed by atoms with Crippen LogP contribution in [0.15, 0.2) is 54.9 Å². The molecule has 6 nitrogen and oxygen atoms in total. The summed E-state index contributed by atoms with van der Waals surface area (Å²) in [6, 6.07) is 12.7. The summed E-state index contributed by atoms with van der Waals surface area (Å²) in [5.41, 5.74) is 0.550. The van der Waals surface area contributed by atoms with Gasteiger partial charge in [0, 0.05) is 17.0 Å². The van der Waals surface area contributed by atoms with Crippen LogP contribution in [0, 0.1) is 17.3 Å². The summed E-state index contributed by atoms with van der Waals surface area (Å²) in [6.07, 6.45) is 3.26. The summed E-state index contributed by atoms with van der Waals surface area (Å²) < 4.78 is 13.4. The number of nitrogens with zero attached hydrogens (tertiary/aromatic N) is 5. The van der Waals surface area contributed by atoms with Gasteiger partial charge in [-0.1, -0.05) is 30.3 Å². The molecule has 2 aromatic heterocycles. The minimum Gasteiger partial charge on any atom is -0.275 e. The van der Waals surface area contributed by atoms with Gasteiger partial charge in [-0.15, -0.1) is 0 Å². The number of halogens is 1. The van der Waals surface area contributed by atoms with Crippen molar-refractivity contribution in [3.63, 3.8) is 0 Å². The van der Waals surface area contributed by atoms with Gasteiger partial charge in [-0.3, -0.25) is 14.8 Å². The molecular formula is C18H12FN5O. The van der Waals surface area contributed by atoms with Gasteiger partial charge in [-0.25, -0.2) is 9.78 Å². The highest BCUT2D eigenvalue weighted by molar-refractivity contribution is 6.11. The van der Waals surface area contributed by atoms with Gasteiger partial charge in [-0.2, -0.15) is 9.65 Å². The third-order valence-corrected chi connectivity index (χ3v) is 4.14. The van der Waals surface area contributed by atoms with Crippen molar-refractivity contribution in [3.05, 3.63) is 60.8 Å². The lowest BCUT2D eigenvalue weighted by Crippen LogP contribution is -2.35. The van der Waals surface area contributed by atoms with Crippen molar-refractivity contribution in [1.82, 2.24) is 9.97 Å². The smallest absolute Gasteiger partial charge is 0.275 e. The number of pyridine rings is 2. The first-order chi connectivity index (χ1) is 12.2. The second kappa shape index (κ2) is 5.83. The van der Waals surface area contributed by atoms with E-state index in [1.807, 2.05) is 24.3 Å². The number of urea groups is 1. The number of fused-ring (bicyclic) bond motifs is 1. The zero-order valence-corrected chi connectivity index (χ0v) is 13.0. The quantitative estimate of drug-likeness (QED) is 0.676. The molecule has 0 bridgehead atoms. The topological polar surface area (TPSA) is 73.1 Å². The maximum Gasteiger partial charge on any atom is 0.331 e. The number of rotatable bonds is 2. The van der Waals surface area contributed by atoms with Crippen LogP contribution in [0.25, 0.3) is 10.8 Å². The lowest BCUT2D eigenvalue weighted by molar-refractivity contribution is 0.255. The molecule has 7 heteroatoms. The third kappa shape index (κ3) is 2.44. The van der Waals surface area contributed by atoms with Crippen LogP contribution < -0.4 is 9.80 Å². The Hall–Kier alpha value is -3.53. The van der Waals surface area contributed by atoms with E-state index in [1.54, 1.807) is 18.5 Å². The Balaban J connectivity index is 1.81. The average molecular weight is 333 g/mol. The van der Waals surface area contributed by atoms with Crippen LogP contribution in [0.4, 0.5) is 20.7 Å². The second-order valence-corrected chi connectivity index (χ2v) is 5.61. The first-order valence-electron chi connectivity index (χ1n) is 7.64. The number of benzene rings is 1. The molecule has 1 unspecified atom stereocenters. The lowest BCUT2D eigenvalue weighted by Gasteiger charge is -2.20. The van der Waals surface area contributed by atoms with E-state index in [0.29, 0.717) is 5.69 Å². The molecule has 1 fully saturated rings. The first-order valence-corrected chi connectivity index (χ1v) is 7.64. The molecular weight excluding hydrogens is 321 g/mol. The van der Waals surface area contributed by atoms with Crippen LogP contribution in [0.3, 0.4) is 0 Å². The highest BCUT2D eigenvalue weighted by atomic mass is 19.1. The van der Waals surface area contributed by atoms with E-state index >= 15 is 0 Å². The molecule has 0 spiro atoms. The molecule has 25 heavy (non-hydrogen) atoms. The number of hydrogen-bond acceptors (Lipinski definition) is 4. The van der Waals surface area contributed by atoms with E-state index in [1.165, 1.54) is 21.9 Å². The van der Waals surface area contributed by atoms with Gasteiger partial charge in [-0.05, 0) is 12.1 Å². The fourth-order valence-corrected chi connectivity index (χ4v) is 3.00. The van der Waals surface area contributed by atoms with Gasteiger partial charge in [0.25, 0.3) is 0 Å². The zero-order valence-electron chi connectivity index (χ0n) is 13.0. The molecule has 1 atom stereocenters. The summed E-state index contributed by atoms with van der Waals surface area (Å²) in [4.78, 5) is 23.6. The predicted molar refractivity (Wildman–Crippen MR) is 90.6 cm³/mol. The molecule has 122 valence electrons. The highest BCUT2D eigenvalue weighted by Crippen LogP contribution is 2.32. The molecule has 1 aromatic carbocycles. The minimum absolute atomic E-state index is 0.106. The molecule has 1 aliphatic heterocycles. The van der Waals surface area contributed by atoms with Crippen LogP contribution in [0.2, 0.25) is 0 Å². The van der Waals surface area contributed by atoms with E-state index in [9.17, 15) is 14.4 Å². The Kier molecular flexibility index (Phi) is 3.51. The number of carbonyl (C=O) groups is 1. The van der Waals surface area contributed by atoms with Crippen molar-refractivity contribution in [3.8, 4) is 6.07 Å². The second-order valence-electron chi connectivity index (χ2n) is 5.61. The first kappa shape index (κ1) is 15.0. The summed E-state index contributed by atoms with van der Waals surface area (Å²) in [7, 11) is 0. The predicted octanol–water partition coefficient (Wildman–Crippen LogP) is 3.11. The summed E-state index contributed by atoms with van der Waals surface area (Å²) >= 11 is 0. The van der Waals surface area contributed by atoms with E-state index in [-0.39, 0.29) is 12.4 Å². The molecule has 3 aromatic rings. The number of nitriles is 1. The Morgan fingerprint density at radius 3 is 2.80 bits per heavy atom. The van der Waals surface area contributed by atoms with Gasteiger partial charge in [0.2, 0.25) is 5.95 Å². The standard InChI is InChI=1S/C18H12FN5O/c19-16-6-3-7-17(22-16)23-11-13(8-20)24(18(23)25)15-10-21-9-12-4-1-2-5-14(12)15/h1-7,9-10,13H,11H2. The van der Waals surface area contributed by atoms with E-state index < -0.39 is 18.0 Å². The number of carbonyl (C=O) groups excluding carboxylic acids is 1. The normalized spacial score (nSPS) is 17.1. The lowest BCUT2D eigenvalue weighted by atomic mass is 10.1. The molecule has 4 rings (SSSR count). The van der Waals surface area contributed by atoms with Crippen molar-refractivity contribution >= 4 is 28.3 Å². The molecule has 0 radical (unpaired) electrons. The number of amides is 2. The Labute approximate surface area is 142 Å². The van der Waals surface area contributed by atoms with Crippen molar-refractivity contribution < 1.29 is 9.18 Å². The summed E-state index contributed by atoms with van der Waals surface area (Å²) in [6.45, 7) is 0.106. The number of hydrogen-bond donors (Lipinski definition) is 0. The minimum atomic E-state index is -0.717. The molecule has 0 aliphatic carbocycles. The molecule has 0 N–H and O–H groups in total. The third-order valence-electron chi connectivity index (χ3n) is 4.14. The van der Waals surface area contributed by atoms with Crippen molar-refractivity contribution in [2.24, 2.45) is 0 Å². The summed E-state index contributed by atoms with van der Waals surface area (Å²) in [5, 5.41) is 11.2. The van der Waals surface area contributed by atoms with Gasteiger partial charge < -0.3 is 0 Å². The largest absolute Gasteiger partial charge is 0.331 e. The van der Waals surface area contributed by atoms with Gasteiger partial charge in [0.15, 0.2) is 0 Å². The Bertz CT molecular complexity index is 1010. The van der Waals surface area contributed by atoms with Gasteiger partial charge in [0.05, 0.1) is 24.5 Å². The fourth-order valence-electron chi connectivity index (χ4n) is 3.00. The van der Waals surface area contributed by atoms with E-state index in [2.05, 4.69) is 16.0 Å². The molecule has 1 aliphatic rings.